The second kappa shape index (κ2) is 8.67. The Morgan fingerprint density at radius 2 is 1.71 bits per heavy atom. The van der Waals surface area contributed by atoms with E-state index in [2.05, 4.69) is 15.3 Å². The third-order valence-electron chi connectivity index (χ3n) is 3.99. The van der Waals surface area contributed by atoms with Crippen LogP contribution in [0.4, 0.5) is 5.69 Å². The molecular formula is C21H20N4O2S. The molecule has 1 aromatic heterocycles. The van der Waals surface area contributed by atoms with Gasteiger partial charge < -0.3 is 11.1 Å². The van der Waals surface area contributed by atoms with E-state index < -0.39 is 11.2 Å². The van der Waals surface area contributed by atoms with Crippen molar-refractivity contribution in [1.82, 2.24) is 9.97 Å². The minimum atomic E-state index is -0.507. The molecule has 3 N–H and O–H groups in total. The molecule has 6 nitrogen and oxygen atoms in total. The zero-order valence-corrected chi connectivity index (χ0v) is 16.4. The van der Waals surface area contributed by atoms with E-state index in [1.807, 2.05) is 43.3 Å². The number of hydrogen-bond acceptors (Lipinski definition) is 5. The Hall–Kier alpha value is -3.19. The second-order valence-corrected chi connectivity index (χ2v) is 7.54. The lowest BCUT2D eigenvalue weighted by Gasteiger charge is -2.12. The third-order valence-corrected chi connectivity index (χ3v) is 4.95. The fraction of sp³-hybridized carbons (Fsp3) is 0.143. The summed E-state index contributed by atoms with van der Waals surface area (Å²) < 4.78 is 0. The molecule has 1 atom stereocenters. The van der Waals surface area contributed by atoms with Gasteiger partial charge in [-0.05, 0) is 44.2 Å². The molecule has 3 rings (SSSR count). The molecular weight excluding hydrogens is 372 g/mol. The van der Waals surface area contributed by atoms with Gasteiger partial charge in [-0.15, -0.1) is 0 Å². The number of rotatable bonds is 6. The van der Waals surface area contributed by atoms with Crippen LogP contribution in [-0.4, -0.2) is 27.0 Å². The first-order valence-corrected chi connectivity index (χ1v) is 9.59. The van der Waals surface area contributed by atoms with Crippen molar-refractivity contribution in [3.8, 4) is 11.3 Å². The minimum absolute atomic E-state index is 0.178. The summed E-state index contributed by atoms with van der Waals surface area (Å²) in [5, 5.41) is 2.97. The van der Waals surface area contributed by atoms with Crippen molar-refractivity contribution < 1.29 is 9.59 Å². The van der Waals surface area contributed by atoms with Crippen molar-refractivity contribution in [2.75, 3.05) is 5.32 Å². The molecule has 0 saturated heterocycles. The Kier molecular flexibility index (Phi) is 6.06. The predicted octanol–water partition coefficient (Wildman–Crippen LogP) is 3.67. The van der Waals surface area contributed by atoms with E-state index >= 15 is 0 Å². The van der Waals surface area contributed by atoms with Crippen LogP contribution in [0, 0.1) is 6.92 Å². The number of nitrogens with two attached hydrogens (primary N) is 1. The topological polar surface area (TPSA) is 98.0 Å². The lowest BCUT2D eigenvalue weighted by Crippen LogP contribution is -2.22. The molecule has 28 heavy (non-hydrogen) atoms. The zero-order chi connectivity index (χ0) is 20.1. The van der Waals surface area contributed by atoms with Gasteiger partial charge in [-0.2, -0.15) is 0 Å². The number of carbonyl (C=O) groups excluding carboxylic acids is 2. The maximum atomic E-state index is 12.5. The molecule has 142 valence electrons. The Labute approximate surface area is 167 Å². The molecule has 7 heteroatoms. The van der Waals surface area contributed by atoms with Gasteiger partial charge in [-0.25, -0.2) is 9.97 Å². The van der Waals surface area contributed by atoms with Gasteiger partial charge in [0.05, 0.1) is 10.9 Å². The highest BCUT2D eigenvalue weighted by atomic mass is 32.2. The molecule has 0 aliphatic carbocycles. The van der Waals surface area contributed by atoms with E-state index in [9.17, 15) is 9.59 Å². The Balaban J connectivity index is 1.70. The van der Waals surface area contributed by atoms with Crippen LogP contribution in [0.3, 0.4) is 0 Å². The van der Waals surface area contributed by atoms with Gasteiger partial charge in [0.15, 0.2) is 5.16 Å². The van der Waals surface area contributed by atoms with Crippen molar-refractivity contribution in [3.63, 3.8) is 0 Å². The number of benzene rings is 2. The van der Waals surface area contributed by atoms with Gasteiger partial charge in [0.2, 0.25) is 11.8 Å². The van der Waals surface area contributed by atoms with Crippen LogP contribution in [0.25, 0.3) is 11.3 Å². The Morgan fingerprint density at radius 3 is 2.36 bits per heavy atom. The molecule has 3 aromatic rings. The lowest BCUT2D eigenvalue weighted by atomic mass is 10.1. The SMILES string of the molecule is Cc1cc(-c2ccccc2)nc(S[C@H](C)C(=O)Nc2ccc(C(N)=O)cc2)n1. The Bertz CT molecular complexity index is 991. The zero-order valence-electron chi connectivity index (χ0n) is 15.5. The summed E-state index contributed by atoms with van der Waals surface area (Å²) in [6, 6.07) is 18.2. The second-order valence-electron chi connectivity index (χ2n) is 6.23. The van der Waals surface area contributed by atoms with Crippen LogP contribution in [-0.2, 0) is 4.79 Å². The monoisotopic (exact) mass is 392 g/mol. The highest BCUT2D eigenvalue weighted by Gasteiger charge is 2.17. The third kappa shape index (κ3) is 4.95. The van der Waals surface area contributed by atoms with Gasteiger partial charge in [0.25, 0.3) is 0 Å². The molecule has 2 amide bonds. The summed E-state index contributed by atoms with van der Waals surface area (Å²) in [5.74, 6) is -0.684. The highest BCUT2D eigenvalue weighted by Crippen LogP contribution is 2.25. The maximum absolute atomic E-state index is 12.5. The van der Waals surface area contributed by atoms with Gasteiger partial charge in [0.1, 0.15) is 0 Å². The number of amides is 2. The first kappa shape index (κ1) is 19.6. The molecule has 0 saturated carbocycles. The fourth-order valence-corrected chi connectivity index (χ4v) is 3.35. The van der Waals surface area contributed by atoms with E-state index in [1.165, 1.54) is 11.8 Å². The van der Waals surface area contributed by atoms with Gasteiger partial charge in [0, 0.05) is 22.5 Å². The summed E-state index contributed by atoms with van der Waals surface area (Å²) in [7, 11) is 0. The van der Waals surface area contributed by atoms with Crippen LogP contribution in [0.15, 0.2) is 65.8 Å². The van der Waals surface area contributed by atoms with E-state index in [0.29, 0.717) is 16.4 Å². The smallest absolute Gasteiger partial charge is 0.248 e. The first-order chi connectivity index (χ1) is 13.4. The molecule has 0 aliphatic heterocycles. The van der Waals surface area contributed by atoms with Gasteiger partial charge >= 0.3 is 0 Å². The van der Waals surface area contributed by atoms with Crippen molar-refractivity contribution in [3.05, 3.63) is 71.9 Å². The normalized spacial score (nSPS) is 11.6. The number of carbonyl (C=O) groups is 2. The number of hydrogen-bond donors (Lipinski definition) is 2. The van der Waals surface area contributed by atoms with Gasteiger partial charge in [-0.1, -0.05) is 42.1 Å². The first-order valence-electron chi connectivity index (χ1n) is 8.71. The van der Waals surface area contributed by atoms with Crippen LogP contribution in [0.2, 0.25) is 0 Å². The molecule has 2 aromatic carbocycles. The molecule has 0 spiro atoms. The molecule has 0 fully saturated rings. The molecule has 0 bridgehead atoms. The quantitative estimate of drug-likeness (QED) is 0.493. The minimum Gasteiger partial charge on any atom is -0.366 e. The van der Waals surface area contributed by atoms with Crippen molar-refractivity contribution in [2.24, 2.45) is 5.73 Å². The summed E-state index contributed by atoms with van der Waals surface area (Å²) in [4.78, 5) is 32.6. The van der Waals surface area contributed by atoms with Crippen LogP contribution in [0.5, 0.6) is 0 Å². The van der Waals surface area contributed by atoms with Crippen molar-refractivity contribution >= 4 is 29.3 Å². The average Bonchev–Trinajstić information content (AvgIpc) is 2.68. The average molecular weight is 392 g/mol. The number of aromatic nitrogens is 2. The van der Waals surface area contributed by atoms with E-state index in [0.717, 1.165) is 17.0 Å². The molecule has 0 radical (unpaired) electrons. The molecule has 0 unspecified atom stereocenters. The van der Waals surface area contributed by atoms with Crippen molar-refractivity contribution in [2.45, 2.75) is 24.3 Å². The number of anilines is 1. The predicted molar refractivity (Wildman–Crippen MR) is 111 cm³/mol. The fourth-order valence-electron chi connectivity index (χ4n) is 2.52. The summed E-state index contributed by atoms with van der Waals surface area (Å²) in [6.07, 6.45) is 0. The highest BCUT2D eigenvalue weighted by molar-refractivity contribution is 8.00. The van der Waals surface area contributed by atoms with E-state index in [1.54, 1.807) is 31.2 Å². The molecule has 1 heterocycles. The van der Waals surface area contributed by atoms with E-state index in [-0.39, 0.29) is 5.91 Å². The number of nitrogens with zero attached hydrogens (tertiary/aromatic N) is 2. The number of thioether (sulfide) groups is 1. The standard InChI is InChI=1S/C21H20N4O2S/c1-13-12-18(15-6-4-3-5-7-15)25-21(23-13)28-14(2)20(27)24-17-10-8-16(9-11-17)19(22)26/h3-12,14H,1-2H3,(H2,22,26)(H,24,27)/t14-/m1/s1. The van der Waals surface area contributed by atoms with Crippen LogP contribution in [0.1, 0.15) is 23.0 Å². The maximum Gasteiger partial charge on any atom is 0.248 e. The van der Waals surface area contributed by atoms with Crippen LogP contribution < -0.4 is 11.1 Å². The van der Waals surface area contributed by atoms with E-state index in [4.69, 9.17) is 5.73 Å². The summed E-state index contributed by atoms with van der Waals surface area (Å²) in [6.45, 7) is 3.70. The van der Waals surface area contributed by atoms with Crippen molar-refractivity contribution in [1.29, 1.82) is 0 Å². The van der Waals surface area contributed by atoms with Crippen LogP contribution >= 0.6 is 11.8 Å². The van der Waals surface area contributed by atoms with Gasteiger partial charge in [-0.3, -0.25) is 9.59 Å². The number of nitrogens with one attached hydrogen (secondary N) is 1. The number of primary amides is 1. The number of aryl methyl sites for hydroxylation is 1. The lowest BCUT2D eigenvalue weighted by molar-refractivity contribution is -0.115. The molecule has 0 aliphatic rings. The summed E-state index contributed by atoms with van der Waals surface area (Å²) >= 11 is 1.29. The Morgan fingerprint density at radius 1 is 1.04 bits per heavy atom. The largest absolute Gasteiger partial charge is 0.366 e. The summed E-state index contributed by atoms with van der Waals surface area (Å²) in [5.41, 5.74) is 8.87.